The highest BCUT2D eigenvalue weighted by atomic mass is 32.1. The Labute approximate surface area is 93.4 Å². The molecule has 0 fully saturated rings. The fraction of sp³-hybridized carbons (Fsp3) is 0.600. The highest BCUT2D eigenvalue weighted by Gasteiger charge is 2.20. The molecule has 5 heteroatoms. The lowest BCUT2D eigenvalue weighted by molar-refractivity contribution is -0.139. The maximum atomic E-state index is 10.9. The van der Waals surface area contributed by atoms with Crippen molar-refractivity contribution in [3.8, 4) is 0 Å². The van der Waals surface area contributed by atoms with Crippen LogP contribution in [0.25, 0.3) is 0 Å². The maximum Gasteiger partial charge on any atom is 0.327 e. The van der Waals surface area contributed by atoms with Gasteiger partial charge in [-0.25, -0.2) is 4.98 Å². The quantitative estimate of drug-likeness (QED) is 0.805. The van der Waals surface area contributed by atoms with Crippen molar-refractivity contribution in [2.45, 2.75) is 26.3 Å². The summed E-state index contributed by atoms with van der Waals surface area (Å²) in [6.45, 7) is 4.23. The minimum absolute atomic E-state index is 0.540. The Balaban J connectivity index is 2.78. The van der Waals surface area contributed by atoms with Crippen LogP contribution in [0, 0.1) is 5.92 Å². The molecule has 2 N–H and O–H groups in total. The second-order valence-electron chi connectivity index (χ2n) is 3.83. The molecule has 0 spiro atoms. The molecule has 84 valence electrons. The van der Waals surface area contributed by atoms with E-state index in [2.05, 4.69) is 24.1 Å². The van der Waals surface area contributed by atoms with E-state index < -0.39 is 12.0 Å². The van der Waals surface area contributed by atoms with E-state index in [4.69, 9.17) is 5.11 Å². The molecule has 1 heterocycles. The highest BCUT2D eigenvalue weighted by molar-refractivity contribution is 7.09. The standard InChI is InChI=1S/C10H16N2O2S/c1-6(2)4-7-5-15-9(12-7)8(11-3)10(13)14/h5-6,8,11H,4H2,1-3H3,(H,13,14). The second-order valence-corrected chi connectivity index (χ2v) is 4.72. The van der Waals surface area contributed by atoms with Crippen LogP contribution < -0.4 is 5.32 Å². The van der Waals surface area contributed by atoms with Crippen LogP contribution >= 0.6 is 11.3 Å². The zero-order chi connectivity index (χ0) is 11.4. The Bertz CT molecular complexity index is 336. The molecule has 0 aliphatic carbocycles. The highest BCUT2D eigenvalue weighted by Crippen LogP contribution is 2.19. The molecular weight excluding hydrogens is 212 g/mol. The van der Waals surface area contributed by atoms with Gasteiger partial charge in [0.15, 0.2) is 6.04 Å². The first-order valence-corrected chi connectivity index (χ1v) is 5.77. The van der Waals surface area contributed by atoms with Gasteiger partial charge in [0, 0.05) is 5.38 Å². The molecule has 0 saturated heterocycles. The SMILES string of the molecule is CNC(C(=O)O)c1nc(CC(C)C)cs1. The van der Waals surface area contributed by atoms with Crippen molar-refractivity contribution in [3.05, 3.63) is 16.1 Å². The van der Waals surface area contributed by atoms with Crippen molar-refractivity contribution in [3.63, 3.8) is 0 Å². The van der Waals surface area contributed by atoms with Gasteiger partial charge in [-0.15, -0.1) is 11.3 Å². The van der Waals surface area contributed by atoms with Gasteiger partial charge in [0.25, 0.3) is 0 Å². The molecule has 1 unspecified atom stereocenters. The predicted molar refractivity (Wildman–Crippen MR) is 60.1 cm³/mol. The van der Waals surface area contributed by atoms with E-state index in [0.717, 1.165) is 12.1 Å². The number of hydrogen-bond donors (Lipinski definition) is 2. The van der Waals surface area contributed by atoms with Crippen molar-refractivity contribution < 1.29 is 9.90 Å². The molecule has 0 bridgehead atoms. The first-order chi connectivity index (χ1) is 7.04. The van der Waals surface area contributed by atoms with Crippen molar-refractivity contribution >= 4 is 17.3 Å². The summed E-state index contributed by atoms with van der Waals surface area (Å²) < 4.78 is 0. The lowest BCUT2D eigenvalue weighted by atomic mass is 10.1. The summed E-state index contributed by atoms with van der Waals surface area (Å²) in [4.78, 5) is 15.2. The summed E-state index contributed by atoms with van der Waals surface area (Å²) in [6.07, 6.45) is 0.895. The monoisotopic (exact) mass is 228 g/mol. The first kappa shape index (κ1) is 12.1. The summed E-state index contributed by atoms with van der Waals surface area (Å²) >= 11 is 1.40. The zero-order valence-corrected chi connectivity index (χ0v) is 9.97. The average molecular weight is 228 g/mol. The summed E-state index contributed by atoms with van der Waals surface area (Å²) in [5.41, 5.74) is 0.978. The smallest absolute Gasteiger partial charge is 0.327 e. The van der Waals surface area contributed by atoms with Crippen molar-refractivity contribution in [1.82, 2.24) is 10.3 Å². The molecule has 0 saturated carbocycles. The molecule has 1 aromatic rings. The van der Waals surface area contributed by atoms with E-state index in [1.165, 1.54) is 11.3 Å². The number of thiazole rings is 1. The van der Waals surface area contributed by atoms with Crippen LogP contribution in [0.1, 0.15) is 30.6 Å². The molecular formula is C10H16N2O2S. The van der Waals surface area contributed by atoms with E-state index in [-0.39, 0.29) is 0 Å². The van der Waals surface area contributed by atoms with Crippen LogP contribution in [0.4, 0.5) is 0 Å². The van der Waals surface area contributed by atoms with E-state index in [1.54, 1.807) is 7.05 Å². The maximum absolute atomic E-state index is 10.9. The summed E-state index contributed by atoms with van der Waals surface area (Å²) in [6, 6.07) is -0.684. The molecule has 15 heavy (non-hydrogen) atoms. The minimum Gasteiger partial charge on any atom is -0.480 e. The van der Waals surface area contributed by atoms with Gasteiger partial charge in [-0.2, -0.15) is 0 Å². The van der Waals surface area contributed by atoms with E-state index in [0.29, 0.717) is 10.9 Å². The molecule has 0 amide bonds. The summed E-state index contributed by atoms with van der Waals surface area (Å²) in [5, 5.41) is 14.2. The number of aromatic nitrogens is 1. The van der Waals surface area contributed by atoms with Crippen LogP contribution in [0.2, 0.25) is 0 Å². The van der Waals surface area contributed by atoms with Crippen LogP contribution in [-0.4, -0.2) is 23.1 Å². The number of aliphatic carboxylic acids is 1. The van der Waals surface area contributed by atoms with Crippen molar-refractivity contribution in [2.24, 2.45) is 5.92 Å². The third-order valence-corrected chi connectivity index (χ3v) is 2.93. The van der Waals surface area contributed by atoms with Crippen LogP contribution in [0.3, 0.4) is 0 Å². The number of nitrogens with one attached hydrogen (secondary N) is 1. The second kappa shape index (κ2) is 5.23. The van der Waals surface area contributed by atoms with Gasteiger partial charge >= 0.3 is 5.97 Å². The Morgan fingerprint density at radius 3 is 2.80 bits per heavy atom. The van der Waals surface area contributed by atoms with E-state index in [9.17, 15) is 4.79 Å². The minimum atomic E-state index is -0.886. The predicted octanol–water partition coefficient (Wildman–Crippen LogP) is 1.69. The van der Waals surface area contributed by atoms with Gasteiger partial charge in [0.1, 0.15) is 5.01 Å². The number of nitrogens with zero attached hydrogens (tertiary/aromatic N) is 1. The lowest BCUT2D eigenvalue weighted by Gasteiger charge is -2.06. The Morgan fingerprint density at radius 2 is 2.33 bits per heavy atom. The van der Waals surface area contributed by atoms with Gasteiger partial charge in [-0.1, -0.05) is 13.8 Å². The van der Waals surface area contributed by atoms with Crippen molar-refractivity contribution in [1.29, 1.82) is 0 Å². The van der Waals surface area contributed by atoms with Gasteiger partial charge in [0.2, 0.25) is 0 Å². The Morgan fingerprint density at radius 1 is 1.67 bits per heavy atom. The molecule has 1 rings (SSSR count). The molecule has 4 nitrogen and oxygen atoms in total. The van der Waals surface area contributed by atoms with Gasteiger partial charge in [-0.3, -0.25) is 4.79 Å². The third kappa shape index (κ3) is 3.28. The number of rotatable bonds is 5. The van der Waals surface area contributed by atoms with E-state index in [1.807, 2.05) is 5.38 Å². The Hall–Kier alpha value is -0.940. The van der Waals surface area contributed by atoms with E-state index >= 15 is 0 Å². The normalized spacial score (nSPS) is 13.1. The number of carboxylic acids is 1. The summed E-state index contributed by atoms with van der Waals surface area (Å²) in [7, 11) is 1.63. The van der Waals surface area contributed by atoms with Gasteiger partial charge in [-0.05, 0) is 19.4 Å². The van der Waals surface area contributed by atoms with Gasteiger partial charge < -0.3 is 10.4 Å². The van der Waals surface area contributed by atoms with Gasteiger partial charge in [0.05, 0.1) is 5.69 Å². The largest absolute Gasteiger partial charge is 0.480 e. The first-order valence-electron chi connectivity index (χ1n) is 4.89. The average Bonchev–Trinajstić information content (AvgIpc) is 2.52. The number of carbonyl (C=O) groups is 1. The number of hydrogen-bond acceptors (Lipinski definition) is 4. The molecule has 1 atom stereocenters. The molecule has 0 radical (unpaired) electrons. The van der Waals surface area contributed by atoms with Crippen LogP contribution in [-0.2, 0) is 11.2 Å². The van der Waals surface area contributed by atoms with Crippen LogP contribution in [0.15, 0.2) is 5.38 Å². The molecule has 0 aliphatic heterocycles. The number of likely N-dealkylation sites (N-methyl/N-ethyl adjacent to an activating group) is 1. The molecule has 1 aromatic heterocycles. The molecule has 0 aliphatic rings. The third-order valence-electron chi connectivity index (χ3n) is 1.97. The van der Waals surface area contributed by atoms with Crippen molar-refractivity contribution in [2.75, 3.05) is 7.05 Å². The molecule has 0 aromatic carbocycles. The fourth-order valence-corrected chi connectivity index (χ4v) is 2.25. The lowest BCUT2D eigenvalue weighted by Crippen LogP contribution is -2.24. The Kier molecular flexibility index (Phi) is 4.23. The summed E-state index contributed by atoms with van der Waals surface area (Å²) in [5.74, 6) is -0.347. The fourth-order valence-electron chi connectivity index (χ4n) is 1.32. The zero-order valence-electron chi connectivity index (χ0n) is 9.15. The van der Waals surface area contributed by atoms with Crippen LogP contribution in [0.5, 0.6) is 0 Å². The topological polar surface area (TPSA) is 62.2 Å². The number of carboxylic acid groups (broad SMARTS) is 1.